The van der Waals surface area contributed by atoms with Crippen molar-refractivity contribution < 1.29 is 4.79 Å². The number of carbonyl (C=O) groups excluding carboxylic acids is 1. The summed E-state index contributed by atoms with van der Waals surface area (Å²) < 4.78 is 0. The van der Waals surface area contributed by atoms with Gasteiger partial charge in [-0.25, -0.2) is 0 Å². The Labute approximate surface area is 80.8 Å². The minimum Gasteiger partial charge on any atom is -0.342 e. The number of likely N-dealkylation sites (N-methyl/N-ethyl adjacent to an activating group) is 1. The molecule has 0 radical (unpaired) electrons. The number of nitrogens with one attached hydrogen (secondary N) is 1. The molecule has 3 heteroatoms. The van der Waals surface area contributed by atoms with Gasteiger partial charge in [0.1, 0.15) is 0 Å². The van der Waals surface area contributed by atoms with Crippen molar-refractivity contribution in [3.05, 3.63) is 12.2 Å². The Morgan fingerprint density at radius 1 is 1.62 bits per heavy atom. The van der Waals surface area contributed by atoms with Crippen LogP contribution >= 0.6 is 0 Å². The van der Waals surface area contributed by atoms with Crippen LogP contribution < -0.4 is 5.32 Å². The highest BCUT2D eigenvalue weighted by atomic mass is 16.2. The molecule has 0 aromatic heterocycles. The number of amides is 1. The lowest BCUT2D eigenvalue weighted by atomic mass is 10.1. The number of hydrogen-bond donors (Lipinski definition) is 1. The van der Waals surface area contributed by atoms with Crippen LogP contribution in [0.25, 0.3) is 0 Å². The molecule has 1 amide bonds. The molecule has 13 heavy (non-hydrogen) atoms. The van der Waals surface area contributed by atoms with Crippen LogP contribution in [0.4, 0.5) is 0 Å². The first-order valence-electron chi connectivity index (χ1n) is 4.53. The number of hydrogen-bond acceptors (Lipinski definition) is 2. The summed E-state index contributed by atoms with van der Waals surface area (Å²) in [4.78, 5) is 13.3. The van der Waals surface area contributed by atoms with E-state index in [4.69, 9.17) is 0 Å². The molecule has 1 unspecified atom stereocenters. The van der Waals surface area contributed by atoms with E-state index in [1.165, 1.54) is 0 Å². The maximum Gasteiger partial charge on any atom is 0.226 e. The van der Waals surface area contributed by atoms with E-state index in [1.54, 1.807) is 4.90 Å². The molecule has 0 aliphatic heterocycles. The largest absolute Gasteiger partial charge is 0.342 e. The Morgan fingerprint density at radius 3 is 2.54 bits per heavy atom. The van der Waals surface area contributed by atoms with E-state index in [0.29, 0.717) is 6.54 Å². The van der Waals surface area contributed by atoms with Crippen LogP contribution in [-0.4, -0.2) is 38.0 Å². The highest BCUT2D eigenvalue weighted by molar-refractivity contribution is 5.78. The fourth-order valence-electron chi connectivity index (χ4n) is 1.25. The van der Waals surface area contributed by atoms with Crippen LogP contribution in [0.2, 0.25) is 0 Å². The predicted octanol–water partition coefficient (Wildman–Crippen LogP) is 0.876. The van der Waals surface area contributed by atoms with E-state index in [9.17, 15) is 4.79 Å². The fraction of sp³-hybridized carbons (Fsp3) is 0.700. The molecule has 0 aliphatic rings. The van der Waals surface area contributed by atoms with Crippen molar-refractivity contribution in [2.24, 2.45) is 5.92 Å². The molecule has 0 saturated carbocycles. The predicted molar refractivity (Wildman–Crippen MR) is 55.5 cm³/mol. The van der Waals surface area contributed by atoms with Crippen molar-refractivity contribution in [1.29, 1.82) is 0 Å². The van der Waals surface area contributed by atoms with Crippen molar-refractivity contribution in [2.75, 3.05) is 27.2 Å². The minimum atomic E-state index is 0.0364. The van der Waals surface area contributed by atoms with Gasteiger partial charge in [0.05, 0.1) is 0 Å². The molecule has 0 heterocycles. The summed E-state index contributed by atoms with van der Waals surface area (Å²) in [7, 11) is 3.66. The van der Waals surface area contributed by atoms with Gasteiger partial charge in [-0.05, 0) is 14.0 Å². The molecular formula is C10H20N2O. The summed E-state index contributed by atoms with van der Waals surface area (Å²) in [6.07, 6.45) is 0. The molecule has 0 aromatic carbocycles. The number of carbonyl (C=O) groups is 1. The molecule has 0 spiro atoms. The second-order valence-corrected chi connectivity index (χ2v) is 3.61. The molecule has 0 aliphatic carbocycles. The van der Waals surface area contributed by atoms with Crippen molar-refractivity contribution in [1.82, 2.24) is 10.2 Å². The Kier molecular flexibility index (Phi) is 5.39. The summed E-state index contributed by atoms with van der Waals surface area (Å²) in [5, 5.41) is 2.99. The van der Waals surface area contributed by atoms with Gasteiger partial charge >= 0.3 is 0 Å². The van der Waals surface area contributed by atoms with Crippen molar-refractivity contribution >= 4 is 5.91 Å². The smallest absolute Gasteiger partial charge is 0.226 e. The fourth-order valence-corrected chi connectivity index (χ4v) is 1.25. The third kappa shape index (κ3) is 4.68. The van der Waals surface area contributed by atoms with E-state index >= 15 is 0 Å². The van der Waals surface area contributed by atoms with Gasteiger partial charge in [-0.2, -0.15) is 0 Å². The quantitative estimate of drug-likeness (QED) is 0.643. The van der Waals surface area contributed by atoms with E-state index < -0.39 is 0 Å². The number of nitrogens with zero attached hydrogens (tertiary/aromatic N) is 1. The van der Waals surface area contributed by atoms with E-state index in [-0.39, 0.29) is 11.8 Å². The van der Waals surface area contributed by atoms with Crippen molar-refractivity contribution in [3.63, 3.8) is 0 Å². The maximum atomic E-state index is 11.6. The Hall–Kier alpha value is -0.830. The first kappa shape index (κ1) is 12.2. The lowest BCUT2D eigenvalue weighted by Gasteiger charge is -2.21. The SMILES string of the molecule is C=C(C)CN(C)C(=O)C(C)CNC. The lowest BCUT2D eigenvalue weighted by molar-refractivity contribution is -0.133. The summed E-state index contributed by atoms with van der Waals surface area (Å²) in [5.41, 5.74) is 1.01. The van der Waals surface area contributed by atoms with Crippen LogP contribution in [0.15, 0.2) is 12.2 Å². The van der Waals surface area contributed by atoms with Crippen molar-refractivity contribution in [2.45, 2.75) is 13.8 Å². The highest BCUT2D eigenvalue weighted by Gasteiger charge is 2.15. The second-order valence-electron chi connectivity index (χ2n) is 3.61. The van der Waals surface area contributed by atoms with Crippen LogP contribution in [0.3, 0.4) is 0 Å². The van der Waals surface area contributed by atoms with Gasteiger partial charge < -0.3 is 10.2 Å². The molecule has 0 bridgehead atoms. The van der Waals surface area contributed by atoms with Gasteiger partial charge in [-0.3, -0.25) is 4.79 Å². The van der Waals surface area contributed by atoms with E-state index in [2.05, 4.69) is 11.9 Å². The standard InChI is InChI=1S/C10H20N2O/c1-8(2)7-12(5)10(13)9(3)6-11-4/h9,11H,1,6-7H2,2-5H3. The Bertz CT molecular complexity index is 189. The summed E-state index contributed by atoms with van der Waals surface area (Å²) >= 11 is 0. The molecule has 76 valence electrons. The highest BCUT2D eigenvalue weighted by Crippen LogP contribution is 2.01. The van der Waals surface area contributed by atoms with Crippen LogP contribution in [-0.2, 0) is 4.79 Å². The van der Waals surface area contributed by atoms with Crippen LogP contribution in [0.5, 0.6) is 0 Å². The normalized spacial score (nSPS) is 12.3. The molecule has 1 N–H and O–H groups in total. The Morgan fingerprint density at radius 2 is 2.15 bits per heavy atom. The number of rotatable bonds is 5. The zero-order valence-corrected chi connectivity index (χ0v) is 9.05. The maximum absolute atomic E-state index is 11.6. The average Bonchev–Trinajstić information content (AvgIpc) is 2.02. The molecule has 1 atom stereocenters. The van der Waals surface area contributed by atoms with Gasteiger partial charge in [0.15, 0.2) is 0 Å². The average molecular weight is 184 g/mol. The molecule has 3 nitrogen and oxygen atoms in total. The summed E-state index contributed by atoms with van der Waals surface area (Å²) in [5.74, 6) is 0.201. The van der Waals surface area contributed by atoms with Gasteiger partial charge in [-0.15, -0.1) is 0 Å². The molecule has 0 aromatic rings. The van der Waals surface area contributed by atoms with Gasteiger partial charge in [0, 0.05) is 26.1 Å². The molecular weight excluding hydrogens is 164 g/mol. The zero-order valence-electron chi connectivity index (χ0n) is 9.05. The first-order valence-corrected chi connectivity index (χ1v) is 4.53. The Balaban J connectivity index is 4.01. The topological polar surface area (TPSA) is 32.3 Å². The van der Waals surface area contributed by atoms with Gasteiger partial charge in [-0.1, -0.05) is 19.1 Å². The van der Waals surface area contributed by atoms with E-state index in [1.807, 2.05) is 27.9 Å². The van der Waals surface area contributed by atoms with Crippen molar-refractivity contribution in [3.8, 4) is 0 Å². The van der Waals surface area contributed by atoms with Crippen LogP contribution in [0.1, 0.15) is 13.8 Å². The first-order chi connectivity index (χ1) is 5.99. The summed E-state index contributed by atoms with van der Waals surface area (Å²) in [6, 6.07) is 0. The second kappa shape index (κ2) is 5.75. The zero-order chi connectivity index (χ0) is 10.4. The third-order valence-corrected chi connectivity index (χ3v) is 1.82. The lowest BCUT2D eigenvalue weighted by Crippen LogP contribution is -2.36. The minimum absolute atomic E-state index is 0.0364. The summed E-state index contributed by atoms with van der Waals surface area (Å²) in [6.45, 7) is 8.99. The van der Waals surface area contributed by atoms with Gasteiger partial charge in [0.25, 0.3) is 0 Å². The van der Waals surface area contributed by atoms with Crippen LogP contribution in [0, 0.1) is 5.92 Å². The molecule has 0 saturated heterocycles. The molecule has 0 rings (SSSR count). The van der Waals surface area contributed by atoms with E-state index in [0.717, 1.165) is 12.1 Å². The molecule has 0 fully saturated rings. The third-order valence-electron chi connectivity index (χ3n) is 1.82. The monoisotopic (exact) mass is 184 g/mol. The van der Waals surface area contributed by atoms with Gasteiger partial charge in [0.2, 0.25) is 5.91 Å².